The van der Waals surface area contributed by atoms with Gasteiger partial charge in [-0.1, -0.05) is 29.8 Å². The number of nitrogens with zero attached hydrogens (tertiary/aromatic N) is 2. The fourth-order valence-electron chi connectivity index (χ4n) is 1.58. The number of benzene rings is 1. The molecule has 0 amide bonds. The third-order valence-corrected chi connectivity index (χ3v) is 2.92. The molecular weight excluding hydrogens is 254 g/mol. The van der Waals surface area contributed by atoms with Crippen molar-refractivity contribution in [1.82, 2.24) is 9.55 Å². The first-order valence-corrected chi connectivity index (χ1v) is 5.63. The van der Waals surface area contributed by atoms with Crippen molar-refractivity contribution < 1.29 is 9.53 Å². The first-order valence-electron chi connectivity index (χ1n) is 5.25. The van der Waals surface area contributed by atoms with Crippen LogP contribution in [0.3, 0.4) is 0 Å². The lowest BCUT2D eigenvalue weighted by Crippen LogP contribution is -2.09. The second-order valence-electron chi connectivity index (χ2n) is 3.69. The molecular formula is C12H12ClN3O2. The Morgan fingerprint density at radius 2 is 2.22 bits per heavy atom. The Hall–Kier alpha value is -2.01. The van der Waals surface area contributed by atoms with E-state index in [1.54, 1.807) is 10.6 Å². The minimum Gasteiger partial charge on any atom is -0.464 e. The lowest BCUT2D eigenvalue weighted by molar-refractivity contribution is 0.0596. The molecule has 1 aromatic carbocycles. The Bertz CT molecular complexity index is 580. The minimum absolute atomic E-state index is 0.115. The topological polar surface area (TPSA) is 70.1 Å². The minimum atomic E-state index is -0.551. The third-order valence-electron chi connectivity index (χ3n) is 2.56. The number of carbonyl (C=O) groups is 1. The quantitative estimate of drug-likeness (QED) is 0.861. The zero-order valence-corrected chi connectivity index (χ0v) is 10.5. The second kappa shape index (κ2) is 5.10. The van der Waals surface area contributed by atoms with Crippen LogP contribution in [0.1, 0.15) is 16.1 Å². The highest BCUT2D eigenvalue weighted by molar-refractivity contribution is 6.31. The molecule has 2 aromatic rings. The maximum Gasteiger partial charge on any atom is 0.360 e. The van der Waals surface area contributed by atoms with Crippen molar-refractivity contribution >= 4 is 23.4 Å². The molecule has 1 aromatic heterocycles. The number of hydrogen-bond acceptors (Lipinski definition) is 4. The van der Waals surface area contributed by atoms with Crippen LogP contribution in [0, 0.1) is 0 Å². The summed E-state index contributed by atoms with van der Waals surface area (Å²) in [5.74, 6) is -0.285. The van der Waals surface area contributed by atoms with Gasteiger partial charge in [0.2, 0.25) is 0 Å². The van der Waals surface area contributed by atoms with E-state index in [9.17, 15) is 4.79 Å². The lowest BCUT2D eigenvalue weighted by Gasteiger charge is -2.07. The van der Waals surface area contributed by atoms with Crippen LogP contribution in [0.2, 0.25) is 5.02 Å². The molecule has 0 atom stereocenters. The van der Waals surface area contributed by atoms with Gasteiger partial charge >= 0.3 is 5.97 Å². The second-order valence-corrected chi connectivity index (χ2v) is 4.10. The van der Waals surface area contributed by atoms with Crippen LogP contribution in [0.5, 0.6) is 0 Å². The van der Waals surface area contributed by atoms with Gasteiger partial charge in [-0.05, 0) is 11.6 Å². The number of carbonyl (C=O) groups excluding carboxylic acids is 1. The number of rotatable bonds is 3. The molecule has 0 aliphatic heterocycles. The average molecular weight is 266 g/mol. The van der Waals surface area contributed by atoms with E-state index < -0.39 is 5.97 Å². The zero-order chi connectivity index (χ0) is 13.1. The summed E-state index contributed by atoms with van der Waals surface area (Å²) in [6.07, 6.45) is 1.49. The van der Waals surface area contributed by atoms with Crippen LogP contribution in [0.15, 0.2) is 30.6 Å². The summed E-state index contributed by atoms with van der Waals surface area (Å²) in [5, 5.41) is 0.644. The van der Waals surface area contributed by atoms with Crippen molar-refractivity contribution in [3.05, 3.63) is 46.9 Å². The molecule has 1 heterocycles. The first kappa shape index (κ1) is 12.4. The van der Waals surface area contributed by atoms with Gasteiger partial charge in [-0.3, -0.25) is 0 Å². The number of anilines is 1. The van der Waals surface area contributed by atoms with Gasteiger partial charge in [0, 0.05) is 5.02 Å². The van der Waals surface area contributed by atoms with E-state index in [4.69, 9.17) is 17.3 Å². The van der Waals surface area contributed by atoms with E-state index in [0.29, 0.717) is 11.6 Å². The van der Waals surface area contributed by atoms with Crippen LogP contribution in [0.4, 0.5) is 5.82 Å². The molecule has 0 radical (unpaired) electrons. The standard InChI is InChI=1S/C12H12ClN3O2/c1-18-12(17)10-11(14)16(7-15-10)6-8-4-2-3-5-9(8)13/h2-5,7H,6,14H2,1H3. The van der Waals surface area contributed by atoms with Crippen molar-refractivity contribution in [2.45, 2.75) is 6.54 Å². The van der Waals surface area contributed by atoms with Crippen molar-refractivity contribution in [1.29, 1.82) is 0 Å². The fraction of sp³-hybridized carbons (Fsp3) is 0.167. The normalized spacial score (nSPS) is 10.3. The SMILES string of the molecule is COC(=O)c1ncn(Cc2ccccc2Cl)c1N. The van der Waals surface area contributed by atoms with Gasteiger partial charge in [-0.15, -0.1) is 0 Å². The zero-order valence-electron chi connectivity index (χ0n) is 9.76. The van der Waals surface area contributed by atoms with Gasteiger partial charge in [0.15, 0.2) is 5.69 Å². The van der Waals surface area contributed by atoms with Gasteiger partial charge in [-0.2, -0.15) is 0 Å². The maximum atomic E-state index is 11.4. The summed E-state index contributed by atoms with van der Waals surface area (Å²) in [6.45, 7) is 0.454. The molecule has 0 saturated heterocycles. The highest BCUT2D eigenvalue weighted by Gasteiger charge is 2.16. The Labute approximate surface area is 109 Å². The molecule has 6 heteroatoms. The first-order chi connectivity index (χ1) is 8.63. The number of aromatic nitrogens is 2. The predicted molar refractivity (Wildman–Crippen MR) is 68.5 cm³/mol. The van der Waals surface area contributed by atoms with Crippen molar-refractivity contribution in [3.63, 3.8) is 0 Å². The van der Waals surface area contributed by atoms with Gasteiger partial charge in [0.05, 0.1) is 20.0 Å². The van der Waals surface area contributed by atoms with E-state index in [1.165, 1.54) is 13.4 Å². The number of halogens is 1. The van der Waals surface area contributed by atoms with Crippen molar-refractivity contribution in [3.8, 4) is 0 Å². The number of nitrogens with two attached hydrogens (primary N) is 1. The number of esters is 1. The molecule has 2 rings (SSSR count). The van der Waals surface area contributed by atoms with Crippen molar-refractivity contribution in [2.24, 2.45) is 0 Å². The smallest absolute Gasteiger partial charge is 0.360 e. The molecule has 0 unspecified atom stereocenters. The number of ether oxygens (including phenoxy) is 1. The van der Waals surface area contributed by atoms with E-state index in [0.717, 1.165) is 5.56 Å². The fourth-order valence-corrected chi connectivity index (χ4v) is 1.78. The van der Waals surface area contributed by atoms with E-state index in [2.05, 4.69) is 9.72 Å². The molecule has 0 aliphatic rings. The van der Waals surface area contributed by atoms with Crippen LogP contribution in [0.25, 0.3) is 0 Å². The summed E-state index contributed by atoms with van der Waals surface area (Å²) in [6, 6.07) is 7.42. The molecule has 0 aliphatic carbocycles. The highest BCUT2D eigenvalue weighted by Crippen LogP contribution is 2.19. The van der Waals surface area contributed by atoms with Gasteiger partial charge in [-0.25, -0.2) is 9.78 Å². The Balaban J connectivity index is 2.29. The summed E-state index contributed by atoms with van der Waals surface area (Å²) in [5.41, 5.74) is 6.85. The Morgan fingerprint density at radius 3 is 2.89 bits per heavy atom. The molecule has 0 saturated carbocycles. The molecule has 0 bridgehead atoms. The summed E-state index contributed by atoms with van der Waals surface area (Å²) < 4.78 is 6.23. The van der Waals surface area contributed by atoms with E-state index in [1.807, 2.05) is 18.2 Å². The maximum absolute atomic E-state index is 11.4. The van der Waals surface area contributed by atoms with Crippen molar-refractivity contribution in [2.75, 3.05) is 12.8 Å². The Morgan fingerprint density at radius 1 is 1.50 bits per heavy atom. The van der Waals surface area contributed by atoms with Crippen LogP contribution in [-0.4, -0.2) is 22.6 Å². The monoisotopic (exact) mass is 265 g/mol. The number of methoxy groups -OCH3 is 1. The molecule has 0 fully saturated rings. The van der Waals surface area contributed by atoms with Gasteiger partial charge < -0.3 is 15.0 Å². The summed E-state index contributed by atoms with van der Waals surface area (Å²) in [4.78, 5) is 15.3. The number of nitrogen functional groups attached to an aromatic ring is 1. The number of hydrogen-bond donors (Lipinski definition) is 1. The average Bonchev–Trinajstić information content (AvgIpc) is 2.73. The highest BCUT2D eigenvalue weighted by atomic mass is 35.5. The van der Waals surface area contributed by atoms with Crippen LogP contribution >= 0.6 is 11.6 Å². The third kappa shape index (κ3) is 2.31. The summed E-state index contributed by atoms with van der Waals surface area (Å²) in [7, 11) is 1.29. The number of imidazole rings is 1. The van der Waals surface area contributed by atoms with Gasteiger partial charge in [0.1, 0.15) is 5.82 Å². The largest absolute Gasteiger partial charge is 0.464 e. The van der Waals surface area contributed by atoms with Crippen LogP contribution in [-0.2, 0) is 11.3 Å². The molecule has 94 valence electrons. The van der Waals surface area contributed by atoms with E-state index >= 15 is 0 Å². The Kier molecular flexibility index (Phi) is 3.53. The molecule has 5 nitrogen and oxygen atoms in total. The van der Waals surface area contributed by atoms with E-state index in [-0.39, 0.29) is 11.5 Å². The predicted octanol–water partition coefficient (Wildman–Crippen LogP) is 1.95. The lowest BCUT2D eigenvalue weighted by atomic mass is 10.2. The van der Waals surface area contributed by atoms with Gasteiger partial charge in [0.25, 0.3) is 0 Å². The molecule has 0 spiro atoms. The summed E-state index contributed by atoms with van der Waals surface area (Å²) >= 11 is 6.06. The van der Waals surface area contributed by atoms with Crippen LogP contribution < -0.4 is 5.73 Å². The molecule has 2 N–H and O–H groups in total. The molecule has 18 heavy (non-hydrogen) atoms.